The van der Waals surface area contributed by atoms with E-state index in [-0.39, 0.29) is 18.4 Å². The third-order valence-corrected chi connectivity index (χ3v) is 6.40. The van der Waals surface area contributed by atoms with E-state index in [0.717, 1.165) is 22.6 Å². The maximum Gasteiger partial charge on any atom is 0.254 e. The van der Waals surface area contributed by atoms with E-state index in [9.17, 15) is 9.59 Å². The zero-order valence-corrected chi connectivity index (χ0v) is 22.9. The van der Waals surface area contributed by atoms with E-state index in [1.54, 1.807) is 25.2 Å². The Bertz CT molecular complexity index is 1200. The Kier molecular flexibility index (Phi) is 9.53. The van der Waals surface area contributed by atoms with Gasteiger partial charge in [-0.1, -0.05) is 30.3 Å². The average molecular weight is 506 g/mol. The topological polar surface area (TPSA) is 64.0 Å². The van der Waals surface area contributed by atoms with Crippen LogP contribution in [-0.4, -0.2) is 65.6 Å². The summed E-state index contributed by atoms with van der Waals surface area (Å²) in [5, 5.41) is 0. The number of carbonyl (C=O) groups is 2. The van der Waals surface area contributed by atoms with E-state index < -0.39 is 5.54 Å². The molecule has 0 spiro atoms. The summed E-state index contributed by atoms with van der Waals surface area (Å²) in [6.07, 6.45) is 2.02. The van der Waals surface area contributed by atoms with Crippen LogP contribution in [-0.2, 0) is 22.6 Å². The molecule has 0 fully saturated rings. The molecule has 1 heterocycles. The number of ether oxygens (including phenoxy) is 2. The zero-order valence-electron chi connectivity index (χ0n) is 22.9. The fourth-order valence-electron chi connectivity index (χ4n) is 4.26. The lowest BCUT2D eigenvalue weighted by Crippen LogP contribution is -2.50. The van der Waals surface area contributed by atoms with E-state index in [4.69, 9.17) is 9.47 Å². The molecule has 0 saturated heterocycles. The zero-order chi connectivity index (χ0) is 27.0. The molecule has 198 valence electrons. The largest absolute Gasteiger partial charge is 0.497 e. The van der Waals surface area contributed by atoms with Crippen molar-refractivity contribution in [3.63, 3.8) is 0 Å². The highest BCUT2D eigenvalue weighted by Gasteiger charge is 2.30. The number of methoxy groups -OCH3 is 2. The molecule has 3 rings (SSSR count). The van der Waals surface area contributed by atoms with E-state index in [1.165, 1.54) is 0 Å². The lowest BCUT2D eigenvalue weighted by molar-refractivity contribution is -0.137. The molecule has 0 aliphatic carbocycles. The van der Waals surface area contributed by atoms with E-state index >= 15 is 0 Å². The Balaban J connectivity index is 1.81. The van der Waals surface area contributed by atoms with Crippen molar-refractivity contribution in [3.8, 4) is 5.75 Å². The van der Waals surface area contributed by atoms with Gasteiger partial charge < -0.3 is 23.8 Å². The maximum absolute atomic E-state index is 13.7. The van der Waals surface area contributed by atoms with Crippen LogP contribution < -0.4 is 4.74 Å². The maximum atomic E-state index is 13.7. The smallest absolute Gasteiger partial charge is 0.254 e. The van der Waals surface area contributed by atoms with Gasteiger partial charge in [0.1, 0.15) is 12.3 Å². The molecule has 2 aromatic carbocycles. The Labute approximate surface area is 220 Å². The predicted octanol–water partition coefficient (Wildman–Crippen LogP) is 4.77. The number of aryl methyl sites for hydroxylation is 1. The molecule has 2 amide bonds. The van der Waals surface area contributed by atoms with E-state index in [0.29, 0.717) is 31.8 Å². The van der Waals surface area contributed by atoms with Gasteiger partial charge in [0, 0.05) is 43.2 Å². The van der Waals surface area contributed by atoms with Crippen molar-refractivity contribution < 1.29 is 19.1 Å². The number of hydrogen-bond donors (Lipinski definition) is 0. The number of amides is 2. The van der Waals surface area contributed by atoms with Crippen molar-refractivity contribution in [1.29, 1.82) is 0 Å². The van der Waals surface area contributed by atoms with Crippen molar-refractivity contribution in [1.82, 2.24) is 14.4 Å². The highest BCUT2D eigenvalue weighted by molar-refractivity contribution is 5.97. The van der Waals surface area contributed by atoms with Crippen LogP contribution in [0.3, 0.4) is 0 Å². The predicted molar refractivity (Wildman–Crippen MR) is 146 cm³/mol. The van der Waals surface area contributed by atoms with Crippen molar-refractivity contribution in [3.05, 3.63) is 89.2 Å². The number of benzene rings is 2. The van der Waals surface area contributed by atoms with Gasteiger partial charge in [-0.15, -0.1) is 0 Å². The van der Waals surface area contributed by atoms with Crippen LogP contribution >= 0.6 is 0 Å². The fourth-order valence-corrected chi connectivity index (χ4v) is 4.26. The van der Waals surface area contributed by atoms with Crippen molar-refractivity contribution in [2.24, 2.45) is 0 Å². The fraction of sp³-hybridized carbons (Fsp3) is 0.400. The van der Waals surface area contributed by atoms with Crippen LogP contribution in [0.2, 0.25) is 0 Å². The Morgan fingerprint density at radius 1 is 0.973 bits per heavy atom. The van der Waals surface area contributed by atoms with Crippen LogP contribution in [0.5, 0.6) is 5.75 Å². The van der Waals surface area contributed by atoms with Crippen LogP contribution in [0.1, 0.15) is 48.0 Å². The summed E-state index contributed by atoms with van der Waals surface area (Å²) in [5.74, 6) is 0.533. The molecule has 3 aromatic rings. The first-order valence-corrected chi connectivity index (χ1v) is 12.5. The monoisotopic (exact) mass is 505 g/mol. The van der Waals surface area contributed by atoms with Gasteiger partial charge in [0.05, 0.1) is 20.3 Å². The minimum absolute atomic E-state index is 0.0234. The second kappa shape index (κ2) is 12.6. The molecule has 7 nitrogen and oxygen atoms in total. The average Bonchev–Trinajstić information content (AvgIpc) is 3.30. The van der Waals surface area contributed by atoms with E-state index in [1.807, 2.05) is 87.3 Å². The van der Waals surface area contributed by atoms with Crippen LogP contribution in [0.25, 0.3) is 0 Å². The van der Waals surface area contributed by atoms with Gasteiger partial charge in [0.15, 0.2) is 0 Å². The first-order chi connectivity index (χ1) is 17.6. The van der Waals surface area contributed by atoms with E-state index in [2.05, 4.69) is 10.6 Å². The first-order valence-electron chi connectivity index (χ1n) is 12.5. The van der Waals surface area contributed by atoms with Gasteiger partial charge in [0.25, 0.3) is 5.91 Å². The summed E-state index contributed by atoms with van der Waals surface area (Å²) in [4.78, 5) is 30.5. The second-order valence-corrected chi connectivity index (χ2v) is 10.2. The molecule has 0 unspecified atom stereocenters. The minimum Gasteiger partial charge on any atom is -0.497 e. The van der Waals surface area contributed by atoms with Gasteiger partial charge in [-0.3, -0.25) is 9.59 Å². The molecule has 0 bridgehead atoms. The number of hydrogen-bond acceptors (Lipinski definition) is 4. The van der Waals surface area contributed by atoms with Crippen molar-refractivity contribution in [2.75, 3.05) is 33.9 Å². The molecule has 0 radical (unpaired) electrons. The lowest BCUT2D eigenvalue weighted by Gasteiger charge is -2.37. The van der Waals surface area contributed by atoms with Gasteiger partial charge in [0.2, 0.25) is 5.91 Å². The molecule has 37 heavy (non-hydrogen) atoms. The molecule has 0 aliphatic heterocycles. The molecule has 1 aromatic heterocycles. The summed E-state index contributed by atoms with van der Waals surface area (Å²) in [5.41, 5.74) is 3.16. The molecule has 7 heteroatoms. The summed E-state index contributed by atoms with van der Waals surface area (Å²) in [6, 6.07) is 19.5. The number of aromatic nitrogens is 1. The molecule has 0 N–H and O–H groups in total. The molecular weight excluding hydrogens is 466 g/mol. The quantitative estimate of drug-likeness (QED) is 0.377. The Morgan fingerprint density at radius 2 is 1.73 bits per heavy atom. The lowest BCUT2D eigenvalue weighted by atomic mass is 10.0. The van der Waals surface area contributed by atoms with Crippen LogP contribution in [0.15, 0.2) is 66.9 Å². The normalized spacial score (nSPS) is 11.3. The Morgan fingerprint density at radius 3 is 2.41 bits per heavy atom. The molecular formula is C30H39N3O4. The number of carbonyl (C=O) groups excluding carboxylic acids is 2. The summed E-state index contributed by atoms with van der Waals surface area (Å²) in [6.45, 7) is 9.71. The second-order valence-electron chi connectivity index (χ2n) is 10.2. The summed E-state index contributed by atoms with van der Waals surface area (Å²) in [7, 11) is 3.25. The third-order valence-electron chi connectivity index (χ3n) is 6.40. The summed E-state index contributed by atoms with van der Waals surface area (Å²) >= 11 is 0. The van der Waals surface area contributed by atoms with Gasteiger partial charge in [-0.2, -0.15) is 0 Å². The van der Waals surface area contributed by atoms with Crippen molar-refractivity contribution >= 4 is 11.8 Å². The van der Waals surface area contributed by atoms with Crippen molar-refractivity contribution in [2.45, 2.75) is 46.3 Å². The first kappa shape index (κ1) is 28.0. The molecule has 0 aliphatic rings. The summed E-state index contributed by atoms with van der Waals surface area (Å²) < 4.78 is 12.7. The van der Waals surface area contributed by atoms with Crippen LogP contribution in [0, 0.1) is 6.92 Å². The minimum atomic E-state index is -0.444. The number of rotatable bonds is 11. The van der Waals surface area contributed by atoms with Crippen LogP contribution in [0.4, 0.5) is 0 Å². The third kappa shape index (κ3) is 7.46. The SMILES string of the molecule is COCCN(CC(=O)N(Cc1cccn1Cc1cccc(OC)c1)C(C)(C)C)C(=O)c1ccccc1C. The molecule has 0 atom stereocenters. The van der Waals surface area contributed by atoms with Gasteiger partial charge in [-0.25, -0.2) is 0 Å². The van der Waals surface area contributed by atoms with Gasteiger partial charge in [-0.05, 0) is 69.2 Å². The Hall–Kier alpha value is -3.58. The van der Waals surface area contributed by atoms with Gasteiger partial charge >= 0.3 is 0 Å². The number of nitrogens with zero attached hydrogens (tertiary/aromatic N) is 3. The highest BCUT2D eigenvalue weighted by Crippen LogP contribution is 2.21. The highest BCUT2D eigenvalue weighted by atomic mass is 16.5. The molecule has 0 saturated carbocycles. The standard InChI is InChI=1S/C30H39N3O4/c1-23-11-7-8-15-27(23)29(35)32(17-18-36-5)22-28(34)33(30(2,3)4)21-25-13-10-16-31(25)20-24-12-9-14-26(19-24)37-6/h7-16,19H,17-18,20-22H2,1-6H3.